The fourth-order valence-electron chi connectivity index (χ4n) is 0.373. The normalized spacial score (nSPS) is 16.8. The molecule has 0 aromatic heterocycles. The van der Waals surface area contributed by atoms with Crippen molar-refractivity contribution in [1.29, 1.82) is 0 Å². The molecule has 3 nitrogen and oxygen atoms in total. The Bertz CT molecular complexity index is 102. The highest BCUT2D eigenvalue weighted by atomic mass is 79.9. The van der Waals surface area contributed by atoms with Crippen LogP contribution in [0.4, 0.5) is 0 Å². The van der Waals surface area contributed by atoms with Crippen LogP contribution in [-0.4, -0.2) is 21.2 Å². The minimum absolute atomic E-state index is 0.00752. The first-order valence-electron chi connectivity index (χ1n) is 2.58. The van der Waals surface area contributed by atoms with Crippen LogP contribution >= 0.6 is 15.9 Å². The summed E-state index contributed by atoms with van der Waals surface area (Å²) in [7, 11) is 0. The van der Waals surface area contributed by atoms with Crippen molar-refractivity contribution in [3.8, 4) is 0 Å². The SMILES string of the molecule is CC(CC(=O)O)C(O)Br. The lowest BCUT2D eigenvalue weighted by Gasteiger charge is -2.08. The van der Waals surface area contributed by atoms with Crippen LogP contribution in [0.5, 0.6) is 0 Å². The van der Waals surface area contributed by atoms with Crippen LogP contribution in [0.25, 0.3) is 0 Å². The second-order valence-corrected chi connectivity index (χ2v) is 2.89. The summed E-state index contributed by atoms with van der Waals surface area (Å²) in [5.74, 6) is -1.12. The number of alkyl halides is 1. The van der Waals surface area contributed by atoms with Crippen LogP contribution in [0.2, 0.25) is 0 Å². The largest absolute Gasteiger partial charge is 0.481 e. The van der Waals surface area contributed by atoms with Gasteiger partial charge < -0.3 is 10.2 Å². The van der Waals surface area contributed by atoms with Gasteiger partial charge in [0, 0.05) is 5.92 Å². The van der Waals surface area contributed by atoms with Crippen molar-refractivity contribution in [3.63, 3.8) is 0 Å². The number of hydrogen-bond donors (Lipinski definition) is 2. The van der Waals surface area contributed by atoms with E-state index in [0.717, 1.165) is 0 Å². The van der Waals surface area contributed by atoms with Gasteiger partial charge in [0.15, 0.2) is 0 Å². The number of aliphatic hydroxyl groups excluding tert-OH is 1. The Kier molecular flexibility index (Phi) is 3.81. The van der Waals surface area contributed by atoms with Crippen molar-refractivity contribution in [2.24, 2.45) is 5.92 Å². The van der Waals surface area contributed by atoms with Crippen LogP contribution in [0.15, 0.2) is 0 Å². The second kappa shape index (κ2) is 3.85. The first kappa shape index (κ1) is 8.91. The maximum absolute atomic E-state index is 9.98. The summed E-state index contributed by atoms with van der Waals surface area (Å²) < 4.78 is 0. The van der Waals surface area contributed by atoms with E-state index in [1.54, 1.807) is 6.92 Å². The quantitative estimate of drug-likeness (QED) is 0.658. The molecule has 2 N–H and O–H groups in total. The van der Waals surface area contributed by atoms with E-state index < -0.39 is 11.0 Å². The lowest BCUT2D eigenvalue weighted by Crippen LogP contribution is -2.13. The van der Waals surface area contributed by atoms with E-state index in [1.807, 2.05) is 0 Å². The zero-order valence-electron chi connectivity index (χ0n) is 5.04. The number of halogens is 1. The van der Waals surface area contributed by atoms with Crippen LogP contribution < -0.4 is 0 Å². The molecule has 2 atom stereocenters. The zero-order valence-corrected chi connectivity index (χ0v) is 6.63. The molecule has 0 bridgehead atoms. The highest BCUT2D eigenvalue weighted by Crippen LogP contribution is 2.12. The lowest BCUT2D eigenvalue weighted by atomic mass is 10.1. The molecule has 0 saturated heterocycles. The number of rotatable bonds is 3. The molecule has 0 saturated carbocycles. The molecule has 0 heterocycles. The number of aliphatic carboxylic acids is 1. The first-order valence-corrected chi connectivity index (χ1v) is 3.49. The third kappa shape index (κ3) is 4.42. The van der Waals surface area contributed by atoms with Crippen LogP contribution in [0, 0.1) is 5.92 Å². The Morgan fingerprint density at radius 2 is 2.22 bits per heavy atom. The van der Waals surface area contributed by atoms with Gasteiger partial charge in [0.05, 0.1) is 6.42 Å². The Labute approximate surface area is 61.8 Å². The molecule has 0 fully saturated rings. The molecule has 0 amide bonds. The predicted octanol–water partition coefficient (Wildman–Crippen LogP) is 0.810. The first-order chi connectivity index (χ1) is 4.04. The van der Waals surface area contributed by atoms with Crippen LogP contribution in [-0.2, 0) is 4.79 Å². The Hall–Kier alpha value is -0.0900. The molecular formula is C5H9BrO3. The lowest BCUT2D eigenvalue weighted by molar-refractivity contribution is -0.138. The maximum Gasteiger partial charge on any atom is 0.303 e. The highest BCUT2D eigenvalue weighted by molar-refractivity contribution is 9.09. The smallest absolute Gasteiger partial charge is 0.303 e. The summed E-state index contributed by atoms with van der Waals surface area (Å²) in [5.41, 5.74) is 0. The Morgan fingerprint density at radius 3 is 2.33 bits per heavy atom. The van der Waals surface area contributed by atoms with Gasteiger partial charge in [-0.1, -0.05) is 22.9 Å². The molecule has 0 aliphatic heterocycles. The van der Waals surface area contributed by atoms with Gasteiger partial charge in [0.2, 0.25) is 0 Å². The summed E-state index contributed by atoms with van der Waals surface area (Å²) >= 11 is 2.86. The molecule has 0 aromatic carbocycles. The van der Waals surface area contributed by atoms with E-state index in [-0.39, 0.29) is 12.3 Å². The molecule has 0 aliphatic carbocycles. The monoisotopic (exact) mass is 196 g/mol. The summed E-state index contributed by atoms with van der Waals surface area (Å²) in [6, 6.07) is 0. The van der Waals surface area contributed by atoms with Gasteiger partial charge in [-0.25, -0.2) is 0 Å². The summed E-state index contributed by atoms with van der Waals surface area (Å²) in [4.78, 5) is 9.98. The Balaban J connectivity index is 3.50. The number of carboxylic acids is 1. The number of hydrogen-bond acceptors (Lipinski definition) is 2. The van der Waals surface area contributed by atoms with Crippen molar-refractivity contribution in [1.82, 2.24) is 0 Å². The minimum atomic E-state index is -0.888. The average molecular weight is 197 g/mol. The number of aliphatic hydroxyl groups is 1. The molecule has 0 radical (unpaired) electrons. The van der Waals surface area contributed by atoms with Crippen LogP contribution in [0.3, 0.4) is 0 Å². The van der Waals surface area contributed by atoms with E-state index in [1.165, 1.54) is 0 Å². The average Bonchev–Trinajstić information content (AvgIpc) is 1.63. The molecule has 0 spiro atoms. The molecular weight excluding hydrogens is 188 g/mol. The second-order valence-electron chi connectivity index (χ2n) is 1.95. The third-order valence-electron chi connectivity index (χ3n) is 0.966. The van der Waals surface area contributed by atoms with Crippen molar-refractivity contribution < 1.29 is 15.0 Å². The molecule has 0 rings (SSSR count). The molecule has 0 aromatic rings. The molecule has 4 heteroatoms. The van der Waals surface area contributed by atoms with Gasteiger partial charge in [-0.05, 0) is 0 Å². The van der Waals surface area contributed by atoms with Gasteiger partial charge >= 0.3 is 5.97 Å². The van der Waals surface area contributed by atoms with Crippen molar-refractivity contribution in [2.45, 2.75) is 18.4 Å². The van der Waals surface area contributed by atoms with Gasteiger partial charge in [-0.2, -0.15) is 0 Å². The van der Waals surface area contributed by atoms with Gasteiger partial charge in [-0.3, -0.25) is 4.79 Å². The third-order valence-corrected chi connectivity index (χ3v) is 1.87. The summed E-state index contributed by atoms with van der Waals surface area (Å²) in [5, 5.41) is 16.2. The van der Waals surface area contributed by atoms with E-state index in [0.29, 0.717) is 0 Å². The maximum atomic E-state index is 9.98. The molecule has 9 heavy (non-hydrogen) atoms. The number of carbonyl (C=O) groups is 1. The predicted molar refractivity (Wildman–Crippen MR) is 36.4 cm³/mol. The van der Waals surface area contributed by atoms with Crippen molar-refractivity contribution in [2.75, 3.05) is 0 Å². The van der Waals surface area contributed by atoms with E-state index in [4.69, 9.17) is 10.2 Å². The summed E-state index contributed by atoms with van der Waals surface area (Å²) in [6.07, 6.45) is -0.00752. The molecule has 2 unspecified atom stereocenters. The fourth-order valence-corrected chi connectivity index (χ4v) is 0.560. The van der Waals surface area contributed by atoms with Crippen LogP contribution in [0.1, 0.15) is 13.3 Å². The van der Waals surface area contributed by atoms with E-state index in [9.17, 15) is 4.79 Å². The number of carboxylic acid groups (broad SMARTS) is 1. The van der Waals surface area contributed by atoms with E-state index >= 15 is 0 Å². The zero-order chi connectivity index (χ0) is 7.44. The Morgan fingerprint density at radius 1 is 1.78 bits per heavy atom. The minimum Gasteiger partial charge on any atom is -0.481 e. The topological polar surface area (TPSA) is 57.5 Å². The van der Waals surface area contributed by atoms with Gasteiger partial charge in [0.1, 0.15) is 5.01 Å². The van der Waals surface area contributed by atoms with Gasteiger partial charge in [-0.15, -0.1) is 0 Å². The van der Waals surface area contributed by atoms with Crippen molar-refractivity contribution >= 4 is 21.9 Å². The fraction of sp³-hybridized carbons (Fsp3) is 0.800. The van der Waals surface area contributed by atoms with E-state index in [2.05, 4.69) is 15.9 Å². The molecule has 54 valence electrons. The van der Waals surface area contributed by atoms with Gasteiger partial charge in [0.25, 0.3) is 0 Å². The molecule has 0 aliphatic rings. The standard InChI is InChI=1S/C5H9BrO3/c1-3(5(6)9)2-4(7)8/h3,5,9H,2H2,1H3,(H,7,8). The van der Waals surface area contributed by atoms with Crippen molar-refractivity contribution in [3.05, 3.63) is 0 Å². The highest BCUT2D eigenvalue weighted by Gasteiger charge is 2.13. The summed E-state index contributed by atoms with van der Waals surface area (Å²) in [6.45, 7) is 1.66.